The average molecular weight is 372 g/mol. The van der Waals surface area contributed by atoms with Crippen LogP contribution in [0.25, 0.3) is 21.3 Å². The summed E-state index contributed by atoms with van der Waals surface area (Å²) in [6.07, 6.45) is 0.801. The summed E-state index contributed by atoms with van der Waals surface area (Å²) in [6, 6.07) is 6.52. The molecule has 2 aromatic heterocycles. The highest BCUT2D eigenvalue weighted by atomic mass is 32.1. The van der Waals surface area contributed by atoms with Crippen molar-refractivity contribution >= 4 is 27.5 Å². The highest BCUT2D eigenvalue weighted by Gasteiger charge is 2.25. The molecule has 0 amide bonds. The number of fused-ring (bicyclic) bond motifs is 1. The average Bonchev–Trinajstić information content (AvgIpc) is 3.08. The fraction of sp³-hybridized carbons (Fsp3) is 0.316. The van der Waals surface area contributed by atoms with Crippen LogP contribution in [-0.2, 0) is 11.2 Å². The van der Waals surface area contributed by atoms with Crippen LogP contribution in [0, 0.1) is 0 Å². The highest BCUT2D eigenvalue weighted by molar-refractivity contribution is 7.17. The Kier molecular flexibility index (Phi) is 5.08. The Balaban J connectivity index is 2.32. The molecular formula is C19H20N2O4S. The number of hydrogen-bond acceptors (Lipinski definition) is 5. The molecule has 0 aliphatic heterocycles. The monoisotopic (exact) mass is 372 g/mol. The molecule has 6 nitrogen and oxygen atoms in total. The molecule has 0 aliphatic rings. The summed E-state index contributed by atoms with van der Waals surface area (Å²) in [5, 5.41) is 11.9. The first kappa shape index (κ1) is 18.1. The Morgan fingerprint density at radius 3 is 2.77 bits per heavy atom. The number of carboxylic acid groups (broad SMARTS) is 1. The number of rotatable bonds is 6. The second-order valence-electron chi connectivity index (χ2n) is 5.88. The smallest absolute Gasteiger partial charge is 0.326 e. The van der Waals surface area contributed by atoms with Crippen molar-refractivity contribution in [2.24, 2.45) is 0 Å². The summed E-state index contributed by atoms with van der Waals surface area (Å²) >= 11 is 1.39. The first-order valence-corrected chi connectivity index (χ1v) is 9.29. The normalized spacial score (nSPS) is 12.3. The molecule has 1 atom stereocenters. The third kappa shape index (κ3) is 2.99. The number of hydrogen-bond donors (Lipinski definition) is 1. The van der Waals surface area contributed by atoms with Crippen LogP contribution < -0.4 is 10.3 Å². The van der Waals surface area contributed by atoms with E-state index < -0.39 is 12.0 Å². The van der Waals surface area contributed by atoms with Crippen LogP contribution in [0.5, 0.6) is 5.75 Å². The summed E-state index contributed by atoms with van der Waals surface area (Å²) in [5.41, 5.74) is 1.28. The number of methoxy groups -OCH3 is 1. The lowest BCUT2D eigenvalue weighted by atomic mass is 10.1. The Morgan fingerprint density at radius 2 is 2.15 bits per heavy atom. The molecule has 0 fully saturated rings. The minimum atomic E-state index is -1.02. The number of ether oxygens (including phenoxy) is 1. The van der Waals surface area contributed by atoms with E-state index in [1.54, 1.807) is 14.0 Å². The maximum atomic E-state index is 13.3. The van der Waals surface area contributed by atoms with Crippen LogP contribution in [0.3, 0.4) is 0 Å². The molecule has 0 spiro atoms. The number of aryl methyl sites for hydroxylation is 1. The zero-order chi connectivity index (χ0) is 18.8. The molecule has 136 valence electrons. The van der Waals surface area contributed by atoms with Crippen LogP contribution in [-0.4, -0.2) is 27.7 Å². The Bertz CT molecular complexity index is 1020. The molecule has 1 aromatic carbocycles. The Morgan fingerprint density at radius 1 is 1.38 bits per heavy atom. The lowest BCUT2D eigenvalue weighted by Gasteiger charge is -2.17. The minimum absolute atomic E-state index is 0.305. The van der Waals surface area contributed by atoms with Crippen LogP contribution >= 0.6 is 11.3 Å². The highest BCUT2D eigenvalue weighted by Crippen LogP contribution is 2.33. The predicted octanol–water partition coefficient (Wildman–Crippen LogP) is 3.73. The molecule has 7 heteroatoms. The second-order valence-corrected chi connectivity index (χ2v) is 6.74. The van der Waals surface area contributed by atoms with Gasteiger partial charge in [0.15, 0.2) is 0 Å². The van der Waals surface area contributed by atoms with Gasteiger partial charge in [0.25, 0.3) is 5.56 Å². The van der Waals surface area contributed by atoms with Crippen molar-refractivity contribution in [2.45, 2.75) is 32.7 Å². The Labute approximate surface area is 154 Å². The van der Waals surface area contributed by atoms with Crippen molar-refractivity contribution in [1.29, 1.82) is 0 Å². The van der Waals surface area contributed by atoms with E-state index in [0.717, 1.165) is 11.1 Å². The van der Waals surface area contributed by atoms with E-state index in [-0.39, 0.29) is 5.56 Å². The van der Waals surface area contributed by atoms with Crippen LogP contribution in [0.15, 0.2) is 34.4 Å². The largest absolute Gasteiger partial charge is 0.497 e. The fourth-order valence-electron chi connectivity index (χ4n) is 3.09. The minimum Gasteiger partial charge on any atom is -0.497 e. The topological polar surface area (TPSA) is 81.4 Å². The van der Waals surface area contributed by atoms with Gasteiger partial charge in [-0.3, -0.25) is 9.36 Å². The van der Waals surface area contributed by atoms with E-state index in [1.807, 2.05) is 36.6 Å². The van der Waals surface area contributed by atoms with Crippen LogP contribution in [0.1, 0.15) is 32.1 Å². The number of aliphatic carboxylic acids is 1. The van der Waals surface area contributed by atoms with Crippen molar-refractivity contribution in [1.82, 2.24) is 9.55 Å². The van der Waals surface area contributed by atoms with E-state index in [9.17, 15) is 14.7 Å². The lowest BCUT2D eigenvalue weighted by Crippen LogP contribution is -2.33. The molecule has 1 N–H and O–H groups in total. The zero-order valence-electron chi connectivity index (χ0n) is 14.9. The van der Waals surface area contributed by atoms with Gasteiger partial charge in [0, 0.05) is 17.4 Å². The lowest BCUT2D eigenvalue weighted by molar-refractivity contribution is -0.141. The number of thiophene rings is 1. The van der Waals surface area contributed by atoms with Crippen molar-refractivity contribution in [3.05, 3.63) is 45.8 Å². The number of carbonyl (C=O) groups is 1. The van der Waals surface area contributed by atoms with E-state index in [4.69, 9.17) is 4.74 Å². The van der Waals surface area contributed by atoms with E-state index >= 15 is 0 Å². The van der Waals surface area contributed by atoms with Crippen LogP contribution in [0.4, 0.5) is 0 Å². The van der Waals surface area contributed by atoms with Gasteiger partial charge in [0.2, 0.25) is 0 Å². The molecule has 0 radical (unpaired) electrons. The molecule has 0 bridgehead atoms. The van der Waals surface area contributed by atoms with E-state index in [1.165, 1.54) is 15.9 Å². The van der Waals surface area contributed by atoms with Crippen molar-refractivity contribution in [3.63, 3.8) is 0 Å². The maximum absolute atomic E-state index is 13.3. The van der Waals surface area contributed by atoms with E-state index in [0.29, 0.717) is 34.6 Å². The van der Waals surface area contributed by atoms with Gasteiger partial charge in [0.1, 0.15) is 22.4 Å². The zero-order valence-corrected chi connectivity index (χ0v) is 15.7. The van der Waals surface area contributed by atoms with Gasteiger partial charge in [0.05, 0.1) is 12.5 Å². The summed E-state index contributed by atoms with van der Waals surface area (Å²) in [5.74, 6) is 0.164. The molecule has 3 rings (SSSR count). The van der Waals surface area contributed by atoms with E-state index in [2.05, 4.69) is 4.98 Å². The third-order valence-corrected chi connectivity index (χ3v) is 5.27. The van der Waals surface area contributed by atoms with Gasteiger partial charge in [-0.25, -0.2) is 9.78 Å². The van der Waals surface area contributed by atoms with Crippen LogP contribution in [0.2, 0.25) is 0 Å². The summed E-state index contributed by atoms with van der Waals surface area (Å²) in [4.78, 5) is 30.1. The molecule has 1 unspecified atom stereocenters. The van der Waals surface area contributed by atoms with Gasteiger partial charge >= 0.3 is 5.97 Å². The number of benzene rings is 1. The first-order valence-electron chi connectivity index (χ1n) is 8.41. The Hall–Kier alpha value is -2.67. The molecular weight excluding hydrogens is 352 g/mol. The number of aromatic nitrogens is 2. The van der Waals surface area contributed by atoms with Crippen molar-refractivity contribution in [3.8, 4) is 16.9 Å². The van der Waals surface area contributed by atoms with Gasteiger partial charge < -0.3 is 9.84 Å². The summed E-state index contributed by atoms with van der Waals surface area (Å²) < 4.78 is 6.60. The van der Waals surface area contributed by atoms with Gasteiger partial charge in [-0.05, 0) is 24.1 Å². The molecule has 0 saturated heterocycles. The van der Waals surface area contributed by atoms with Gasteiger partial charge in [-0.2, -0.15) is 0 Å². The molecule has 3 aromatic rings. The standard InChI is InChI=1S/C19H20N2O4S/c1-4-14(19(23)24)21-15(5-2)20-17-16(18(21)22)13(10-26-17)11-7-6-8-12(9-11)25-3/h6-10,14H,4-5H2,1-3H3,(H,23,24). The molecule has 26 heavy (non-hydrogen) atoms. The SMILES string of the molecule is CCc1nc2scc(-c3cccc(OC)c3)c2c(=O)n1C(CC)C(=O)O. The van der Waals surface area contributed by atoms with Crippen molar-refractivity contribution < 1.29 is 14.6 Å². The first-order chi connectivity index (χ1) is 12.5. The molecule has 0 aliphatic carbocycles. The maximum Gasteiger partial charge on any atom is 0.326 e. The number of carboxylic acids is 1. The quantitative estimate of drug-likeness (QED) is 0.713. The summed E-state index contributed by atoms with van der Waals surface area (Å²) in [7, 11) is 1.59. The second kappa shape index (κ2) is 7.29. The number of nitrogens with zero attached hydrogens (tertiary/aromatic N) is 2. The molecule has 2 heterocycles. The predicted molar refractivity (Wildman–Crippen MR) is 102 cm³/mol. The third-order valence-electron chi connectivity index (χ3n) is 4.39. The van der Waals surface area contributed by atoms with Gasteiger partial charge in [-0.15, -0.1) is 11.3 Å². The molecule has 0 saturated carbocycles. The fourth-order valence-corrected chi connectivity index (χ4v) is 4.04. The van der Waals surface area contributed by atoms with Gasteiger partial charge in [-0.1, -0.05) is 26.0 Å². The van der Waals surface area contributed by atoms with Crippen molar-refractivity contribution in [2.75, 3.05) is 7.11 Å². The summed E-state index contributed by atoms with van der Waals surface area (Å²) in [6.45, 7) is 3.63.